The van der Waals surface area contributed by atoms with Gasteiger partial charge < -0.3 is 19.3 Å². The molecule has 0 radical (unpaired) electrons. The first kappa shape index (κ1) is 20.2. The Labute approximate surface area is 171 Å². The highest BCUT2D eigenvalue weighted by molar-refractivity contribution is 9.10. The van der Waals surface area contributed by atoms with Crippen molar-refractivity contribution in [3.8, 4) is 11.5 Å². The van der Waals surface area contributed by atoms with Crippen molar-refractivity contribution in [2.75, 3.05) is 46.9 Å². The summed E-state index contributed by atoms with van der Waals surface area (Å²) < 4.78 is 12.6. The molecule has 0 atom stereocenters. The molecule has 2 aromatic carbocycles. The summed E-state index contributed by atoms with van der Waals surface area (Å²) in [5.74, 6) is 1.60. The topological polar surface area (TPSA) is 24.9 Å². The minimum Gasteiger partial charge on any atom is -0.493 e. The van der Waals surface area contributed by atoms with Gasteiger partial charge in [-0.25, -0.2) is 0 Å². The second kappa shape index (κ2) is 10.1. The first-order valence-electron chi connectivity index (χ1n) is 9.59. The minimum absolute atomic E-state index is 0.528. The molecule has 0 saturated carbocycles. The molecule has 0 N–H and O–H groups in total. The fraction of sp³-hybridized carbons (Fsp3) is 0.455. The standard InChI is InChI=1S/C22H29BrN2O2/c1-24-11-13-25(14-12-24)10-4-6-18-8-9-21(26-2)22(16-18)27-17-19-5-3-7-20(23)15-19/h3,5,7-9,15-16H,4,6,10-14,17H2,1-2H3. The minimum atomic E-state index is 0.528. The van der Waals surface area contributed by atoms with Crippen LogP contribution in [0.2, 0.25) is 0 Å². The molecule has 0 bridgehead atoms. The van der Waals surface area contributed by atoms with Crippen molar-refractivity contribution in [1.82, 2.24) is 9.80 Å². The molecule has 0 spiro atoms. The van der Waals surface area contributed by atoms with Crippen LogP contribution < -0.4 is 9.47 Å². The average Bonchev–Trinajstić information content (AvgIpc) is 2.68. The molecule has 1 fully saturated rings. The highest BCUT2D eigenvalue weighted by Crippen LogP contribution is 2.29. The van der Waals surface area contributed by atoms with Crippen LogP contribution in [0, 0.1) is 0 Å². The van der Waals surface area contributed by atoms with Crippen LogP contribution in [0.4, 0.5) is 0 Å². The molecule has 0 aromatic heterocycles. The third-order valence-electron chi connectivity index (χ3n) is 5.05. The number of benzene rings is 2. The normalized spacial score (nSPS) is 15.7. The van der Waals surface area contributed by atoms with Crippen molar-refractivity contribution in [1.29, 1.82) is 0 Å². The lowest BCUT2D eigenvalue weighted by Gasteiger charge is -2.32. The van der Waals surface area contributed by atoms with Crippen LogP contribution >= 0.6 is 15.9 Å². The molecule has 1 saturated heterocycles. The van der Waals surface area contributed by atoms with Gasteiger partial charge in [-0.2, -0.15) is 0 Å². The summed E-state index contributed by atoms with van der Waals surface area (Å²) in [7, 11) is 3.89. The van der Waals surface area contributed by atoms with Crippen molar-refractivity contribution in [2.24, 2.45) is 0 Å². The summed E-state index contributed by atoms with van der Waals surface area (Å²) in [5, 5.41) is 0. The zero-order chi connectivity index (χ0) is 19.1. The summed E-state index contributed by atoms with van der Waals surface area (Å²) in [5.41, 5.74) is 2.43. The van der Waals surface area contributed by atoms with Gasteiger partial charge in [-0.3, -0.25) is 0 Å². The Balaban J connectivity index is 1.54. The number of piperazine rings is 1. The number of aryl methyl sites for hydroxylation is 1. The highest BCUT2D eigenvalue weighted by Gasteiger charge is 2.13. The largest absolute Gasteiger partial charge is 0.493 e. The molecule has 1 aliphatic rings. The lowest BCUT2D eigenvalue weighted by Crippen LogP contribution is -2.44. The van der Waals surface area contributed by atoms with Crippen LogP contribution in [0.3, 0.4) is 0 Å². The van der Waals surface area contributed by atoms with E-state index in [4.69, 9.17) is 9.47 Å². The molecule has 0 unspecified atom stereocenters. The lowest BCUT2D eigenvalue weighted by molar-refractivity contribution is 0.153. The number of likely N-dealkylation sites (N-methyl/N-ethyl adjacent to an activating group) is 1. The average molecular weight is 433 g/mol. The molecule has 5 heteroatoms. The first-order chi connectivity index (χ1) is 13.1. The number of nitrogens with zero attached hydrogens (tertiary/aromatic N) is 2. The predicted octanol–water partition coefficient (Wildman–Crippen LogP) is 4.22. The van der Waals surface area contributed by atoms with E-state index in [0.29, 0.717) is 6.61 Å². The van der Waals surface area contributed by atoms with Crippen LogP contribution in [-0.2, 0) is 13.0 Å². The van der Waals surface area contributed by atoms with E-state index in [0.717, 1.165) is 34.5 Å². The Kier molecular flexibility index (Phi) is 7.56. The first-order valence-corrected chi connectivity index (χ1v) is 10.4. The van der Waals surface area contributed by atoms with E-state index in [9.17, 15) is 0 Å². The monoisotopic (exact) mass is 432 g/mol. The summed E-state index contributed by atoms with van der Waals surface area (Å²) in [4.78, 5) is 4.96. The quantitative estimate of drug-likeness (QED) is 0.623. The molecule has 146 valence electrons. The molecule has 1 aliphatic heterocycles. The van der Waals surface area contributed by atoms with E-state index in [1.807, 2.05) is 18.2 Å². The number of ether oxygens (including phenoxy) is 2. The van der Waals surface area contributed by atoms with Gasteiger partial charge in [0.2, 0.25) is 0 Å². The summed E-state index contributed by atoms with van der Waals surface area (Å²) in [6.07, 6.45) is 2.23. The Morgan fingerprint density at radius 2 is 1.78 bits per heavy atom. The molecule has 4 nitrogen and oxygen atoms in total. The van der Waals surface area contributed by atoms with Gasteiger partial charge in [0.15, 0.2) is 11.5 Å². The zero-order valence-corrected chi connectivity index (χ0v) is 17.9. The fourth-order valence-electron chi connectivity index (χ4n) is 3.36. The summed E-state index contributed by atoms with van der Waals surface area (Å²) in [6.45, 7) is 6.40. The maximum atomic E-state index is 6.06. The van der Waals surface area contributed by atoms with Crippen molar-refractivity contribution in [2.45, 2.75) is 19.4 Å². The van der Waals surface area contributed by atoms with E-state index in [1.165, 1.54) is 38.2 Å². The third kappa shape index (κ3) is 6.23. The smallest absolute Gasteiger partial charge is 0.161 e. The number of rotatable bonds is 8. The van der Waals surface area contributed by atoms with Gasteiger partial charge in [0, 0.05) is 30.7 Å². The van der Waals surface area contributed by atoms with Gasteiger partial charge >= 0.3 is 0 Å². The maximum absolute atomic E-state index is 6.06. The van der Waals surface area contributed by atoms with Gasteiger partial charge in [0.05, 0.1) is 7.11 Å². The van der Waals surface area contributed by atoms with Gasteiger partial charge in [-0.1, -0.05) is 34.1 Å². The van der Waals surface area contributed by atoms with Crippen LogP contribution in [0.5, 0.6) is 11.5 Å². The van der Waals surface area contributed by atoms with Gasteiger partial charge in [0.1, 0.15) is 6.61 Å². The summed E-state index contributed by atoms with van der Waals surface area (Å²) in [6, 6.07) is 14.5. The molecule has 27 heavy (non-hydrogen) atoms. The molecule has 1 heterocycles. The van der Waals surface area contributed by atoms with Crippen molar-refractivity contribution < 1.29 is 9.47 Å². The number of halogens is 1. The third-order valence-corrected chi connectivity index (χ3v) is 5.54. The van der Waals surface area contributed by atoms with Gasteiger partial charge in [-0.05, 0) is 61.8 Å². The van der Waals surface area contributed by atoms with Crippen LogP contribution in [0.15, 0.2) is 46.9 Å². The molecule has 0 amide bonds. The number of hydrogen-bond donors (Lipinski definition) is 0. The van der Waals surface area contributed by atoms with Crippen LogP contribution in [0.25, 0.3) is 0 Å². The second-order valence-electron chi connectivity index (χ2n) is 7.15. The molecular formula is C22H29BrN2O2. The van der Waals surface area contributed by atoms with Gasteiger partial charge in [-0.15, -0.1) is 0 Å². The fourth-order valence-corrected chi connectivity index (χ4v) is 3.80. The number of hydrogen-bond acceptors (Lipinski definition) is 4. The Bertz CT molecular complexity index is 730. The molecule has 2 aromatic rings. The van der Waals surface area contributed by atoms with E-state index >= 15 is 0 Å². The molecule has 3 rings (SSSR count). The van der Waals surface area contributed by atoms with Gasteiger partial charge in [0.25, 0.3) is 0 Å². The highest BCUT2D eigenvalue weighted by atomic mass is 79.9. The lowest BCUT2D eigenvalue weighted by atomic mass is 10.1. The Morgan fingerprint density at radius 3 is 2.52 bits per heavy atom. The Morgan fingerprint density at radius 1 is 0.963 bits per heavy atom. The van der Waals surface area contributed by atoms with Crippen molar-refractivity contribution in [3.63, 3.8) is 0 Å². The van der Waals surface area contributed by atoms with Crippen molar-refractivity contribution in [3.05, 3.63) is 58.1 Å². The second-order valence-corrected chi connectivity index (χ2v) is 8.07. The van der Waals surface area contributed by atoms with E-state index < -0.39 is 0 Å². The predicted molar refractivity (Wildman–Crippen MR) is 114 cm³/mol. The molecular weight excluding hydrogens is 404 g/mol. The SMILES string of the molecule is COc1ccc(CCCN2CCN(C)CC2)cc1OCc1cccc(Br)c1. The van der Waals surface area contributed by atoms with Crippen molar-refractivity contribution >= 4 is 15.9 Å². The Hall–Kier alpha value is -1.56. The maximum Gasteiger partial charge on any atom is 0.161 e. The zero-order valence-electron chi connectivity index (χ0n) is 16.3. The van der Waals surface area contributed by atoms with E-state index in [2.05, 4.69) is 57.0 Å². The van der Waals surface area contributed by atoms with Crippen LogP contribution in [-0.4, -0.2) is 56.7 Å². The molecule has 0 aliphatic carbocycles. The number of methoxy groups -OCH3 is 1. The van der Waals surface area contributed by atoms with Crippen LogP contribution in [0.1, 0.15) is 17.5 Å². The van der Waals surface area contributed by atoms with E-state index in [1.54, 1.807) is 7.11 Å². The summed E-state index contributed by atoms with van der Waals surface area (Å²) >= 11 is 3.51. The van der Waals surface area contributed by atoms with E-state index in [-0.39, 0.29) is 0 Å².